The molecule has 8 nitrogen and oxygen atoms in total. The van der Waals surface area contributed by atoms with Crippen LogP contribution in [0.5, 0.6) is 0 Å². The lowest BCUT2D eigenvalue weighted by molar-refractivity contribution is -0.137. The highest BCUT2D eigenvalue weighted by Gasteiger charge is 2.32. The highest BCUT2D eigenvalue weighted by atomic mass is 32.2. The Kier molecular flexibility index (Phi) is 5.66. The Labute approximate surface area is 141 Å². The smallest absolute Gasteiger partial charge is 0.305 e. The molecular formula is C15H22N2O6S. The molecule has 1 aliphatic rings. The molecule has 134 valence electrons. The van der Waals surface area contributed by atoms with Crippen molar-refractivity contribution in [3.8, 4) is 0 Å². The van der Waals surface area contributed by atoms with Gasteiger partial charge < -0.3 is 14.4 Å². The van der Waals surface area contributed by atoms with E-state index in [1.54, 1.807) is 6.92 Å². The van der Waals surface area contributed by atoms with Crippen molar-refractivity contribution < 1.29 is 27.5 Å². The minimum atomic E-state index is -3.67. The lowest BCUT2D eigenvalue weighted by Gasteiger charge is -2.18. The lowest BCUT2D eigenvalue weighted by atomic mass is 10.3. The molecule has 1 aliphatic heterocycles. The van der Waals surface area contributed by atoms with E-state index < -0.39 is 21.9 Å². The summed E-state index contributed by atoms with van der Waals surface area (Å²) in [5.41, 5.74) is 0. The predicted molar refractivity (Wildman–Crippen MR) is 85.3 cm³/mol. The molecule has 0 unspecified atom stereocenters. The molecule has 9 heteroatoms. The average molecular weight is 358 g/mol. The van der Waals surface area contributed by atoms with Crippen LogP contribution < -0.4 is 0 Å². The maximum atomic E-state index is 12.6. The minimum absolute atomic E-state index is 0.00189. The van der Waals surface area contributed by atoms with E-state index in [0.717, 1.165) is 12.8 Å². The number of carboxylic acids is 1. The van der Waals surface area contributed by atoms with E-state index in [0.29, 0.717) is 19.6 Å². The van der Waals surface area contributed by atoms with Gasteiger partial charge in [-0.15, -0.1) is 0 Å². The Bertz CT molecular complexity index is 718. The van der Waals surface area contributed by atoms with Crippen LogP contribution in [0.3, 0.4) is 0 Å². The second-order valence-corrected chi connectivity index (χ2v) is 7.58. The van der Waals surface area contributed by atoms with Gasteiger partial charge in [-0.2, -0.15) is 4.31 Å². The number of sulfonamides is 1. The zero-order valence-electron chi connectivity index (χ0n) is 13.8. The third-order valence-corrected chi connectivity index (χ3v) is 6.04. The van der Waals surface area contributed by atoms with Gasteiger partial charge >= 0.3 is 5.97 Å². The molecule has 0 aliphatic carbocycles. The summed E-state index contributed by atoms with van der Waals surface area (Å²) >= 11 is 0. The van der Waals surface area contributed by atoms with Crippen molar-refractivity contribution in [3.63, 3.8) is 0 Å². The first-order chi connectivity index (χ1) is 11.3. The van der Waals surface area contributed by atoms with Crippen molar-refractivity contribution in [1.82, 2.24) is 9.21 Å². The van der Waals surface area contributed by atoms with Crippen molar-refractivity contribution in [3.05, 3.63) is 17.6 Å². The molecule has 2 rings (SSSR count). The number of hydrogen-bond acceptors (Lipinski definition) is 5. The number of carbonyl (C=O) groups is 2. The predicted octanol–water partition coefficient (Wildman–Crippen LogP) is 1.31. The van der Waals surface area contributed by atoms with Gasteiger partial charge in [-0.25, -0.2) is 8.42 Å². The Morgan fingerprint density at radius 2 is 1.96 bits per heavy atom. The van der Waals surface area contributed by atoms with Crippen molar-refractivity contribution in [1.29, 1.82) is 0 Å². The first kappa shape index (κ1) is 18.5. The highest BCUT2D eigenvalue weighted by Crippen LogP contribution is 2.27. The summed E-state index contributed by atoms with van der Waals surface area (Å²) in [6.07, 6.45) is 1.46. The fourth-order valence-electron chi connectivity index (χ4n) is 2.68. The molecule has 1 N–H and O–H groups in total. The number of aliphatic carboxylic acids is 1. The molecule has 1 fully saturated rings. The van der Waals surface area contributed by atoms with Gasteiger partial charge in [0.2, 0.25) is 10.0 Å². The fraction of sp³-hybridized carbons (Fsp3) is 0.600. The summed E-state index contributed by atoms with van der Waals surface area (Å²) in [6.45, 7) is 4.51. The Balaban J connectivity index is 2.23. The molecule has 1 aromatic heterocycles. The van der Waals surface area contributed by atoms with Crippen molar-refractivity contribution in [2.24, 2.45) is 0 Å². The Morgan fingerprint density at radius 3 is 2.50 bits per heavy atom. The minimum Gasteiger partial charge on any atom is -0.481 e. The van der Waals surface area contributed by atoms with Crippen LogP contribution in [0.25, 0.3) is 0 Å². The van der Waals surface area contributed by atoms with Crippen molar-refractivity contribution in [2.45, 2.75) is 38.0 Å². The molecule has 0 aromatic carbocycles. The van der Waals surface area contributed by atoms with Crippen molar-refractivity contribution in [2.75, 3.05) is 26.2 Å². The topological polar surface area (TPSA) is 108 Å². The normalized spacial score (nSPS) is 15.6. The van der Waals surface area contributed by atoms with Gasteiger partial charge in [0.25, 0.3) is 5.91 Å². The quantitative estimate of drug-likeness (QED) is 0.787. The molecule has 1 aromatic rings. The van der Waals surface area contributed by atoms with Crippen LogP contribution in [0.4, 0.5) is 0 Å². The Morgan fingerprint density at radius 1 is 1.33 bits per heavy atom. The summed E-state index contributed by atoms with van der Waals surface area (Å²) in [5, 5.41) is 8.74. The highest BCUT2D eigenvalue weighted by molar-refractivity contribution is 7.89. The SMILES string of the molecule is CCN(CCC(=O)O)C(=O)c1cc(S(=O)(=O)N2CCCC2)c(C)o1. The standard InChI is InChI=1S/C15H22N2O6S/c1-3-16(9-6-14(18)19)15(20)12-10-13(11(2)23-12)24(21,22)17-7-4-5-8-17/h10H,3-9H2,1-2H3,(H,18,19). The largest absolute Gasteiger partial charge is 0.481 e. The Hall–Kier alpha value is -1.87. The number of hydrogen-bond donors (Lipinski definition) is 1. The summed E-state index contributed by atoms with van der Waals surface area (Å²) in [7, 11) is -3.67. The number of carboxylic acid groups (broad SMARTS) is 1. The number of aryl methyl sites for hydroxylation is 1. The van der Waals surface area contributed by atoms with Crippen LogP contribution in [0.1, 0.15) is 42.5 Å². The molecule has 24 heavy (non-hydrogen) atoms. The maximum absolute atomic E-state index is 12.6. The number of nitrogens with zero attached hydrogens (tertiary/aromatic N) is 2. The number of amides is 1. The van der Waals surface area contributed by atoms with Crippen LogP contribution in [0.2, 0.25) is 0 Å². The van der Waals surface area contributed by atoms with Crippen LogP contribution >= 0.6 is 0 Å². The molecule has 0 radical (unpaired) electrons. The molecule has 0 saturated carbocycles. The first-order valence-electron chi connectivity index (χ1n) is 7.89. The second kappa shape index (κ2) is 7.35. The molecule has 0 bridgehead atoms. The maximum Gasteiger partial charge on any atom is 0.305 e. The van der Waals surface area contributed by atoms with Crippen LogP contribution in [-0.4, -0.2) is 60.8 Å². The summed E-state index contributed by atoms with van der Waals surface area (Å²) in [6, 6.07) is 1.24. The van der Waals surface area contributed by atoms with E-state index in [-0.39, 0.29) is 29.4 Å². The summed E-state index contributed by atoms with van der Waals surface area (Å²) in [4.78, 5) is 24.4. The van der Waals surface area contributed by atoms with Gasteiger partial charge in [0, 0.05) is 32.2 Å². The summed E-state index contributed by atoms with van der Waals surface area (Å²) in [5.74, 6) is -1.43. The molecule has 1 saturated heterocycles. The molecule has 1 amide bonds. The molecule has 0 atom stereocenters. The lowest BCUT2D eigenvalue weighted by Crippen LogP contribution is -2.32. The van der Waals surface area contributed by atoms with Gasteiger partial charge in [0.1, 0.15) is 10.7 Å². The van der Waals surface area contributed by atoms with E-state index in [1.807, 2.05) is 0 Å². The van der Waals surface area contributed by atoms with Crippen LogP contribution in [0, 0.1) is 6.92 Å². The zero-order valence-corrected chi connectivity index (χ0v) is 14.6. The van der Waals surface area contributed by atoms with Gasteiger partial charge in [-0.3, -0.25) is 9.59 Å². The monoisotopic (exact) mass is 358 g/mol. The fourth-order valence-corrected chi connectivity index (χ4v) is 4.36. The van der Waals surface area contributed by atoms with Gasteiger partial charge in [0.15, 0.2) is 5.76 Å². The molecule has 0 spiro atoms. The van der Waals surface area contributed by atoms with E-state index >= 15 is 0 Å². The van der Waals surface area contributed by atoms with E-state index in [9.17, 15) is 18.0 Å². The average Bonchev–Trinajstić information content (AvgIpc) is 3.17. The number of rotatable bonds is 7. The van der Waals surface area contributed by atoms with Crippen LogP contribution in [0.15, 0.2) is 15.4 Å². The first-order valence-corrected chi connectivity index (χ1v) is 9.33. The third kappa shape index (κ3) is 3.78. The summed E-state index contributed by atoms with van der Waals surface area (Å²) < 4.78 is 32.0. The number of carbonyl (C=O) groups excluding carboxylic acids is 1. The van der Waals surface area contributed by atoms with E-state index in [1.165, 1.54) is 22.2 Å². The second-order valence-electron chi connectivity index (χ2n) is 5.67. The third-order valence-electron chi connectivity index (χ3n) is 4.03. The zero-order chi connectivity index (χ0) is 17.9. The van der Waals surface area contributed by atoms with E-state index in [2.05, 4.69) is 0 Å². The van der Waals surface area contributed by atoms with E-state index in [4.69, 9.17) is 9.52 Å². The van der Waals surface area contributed by atoms with Crippen molar-refractivity contribution >= 4 is 21.9 Å². The molecular weight excluding hydrogens is 336 g/mol. The number of furan rings is 1. The van der Waals surface area contributed by atoms with Gasteiger partial charge in [-0.05, 0) is 26.7 Å². The molecule has 2 heterocycles. The van der Waals surface area contributed by atoms with Gasteiger partial charge in [0.05, 0.1) is 6.42 Å². The van der Waals surface area contributed by atoms with Gasteiger partial charge in [-0.1, -0.05) is 0 Å². The van der Waals surface area contributed by atoms with Crippen LogP contribution in [-0.2, 0) is 14.8 Å².